The number of piperazine rings is 1. The van der Waals surface area contributed by atoms with E-state index in [9.17, 15) is 18.4 Å². The Kier molecular flexibility index (Phi) is 4.29. The highest BCUT2D eigenvalue weighted by Crippen LogP contribution is 2.22. The zero-order chi connectivity index (χ0) is 17.3. The van der Waals surface area contributed by atoms with Gasteiger partial charge < -0.3 is 9.80 Å². The van der Waals surface area contributed by atoms with Crippen molar-refractivity contribution in [2.24, 2.45) is 0 Å². The number of rotatable bonds is 2. The Hall–Kier alpha value is -2.76. The third-order valence-corrected chi connectivity index (χ3v) is 4.13. The molecule has 0 radical (unpaired) electrons. The lowest BCUT2D eigenvalue weighted by atomic mass is 10.1. The predicted octanol–water partition coefficient (Wildman–Crippen LogP) is 2.84. The van der Waals surface area contributed by atoms with Crippen LogP contribution in [0.5, 0.6) is 0 Å². The molecule has 1 heterocycles. The molecular weight excluding hydrogens is 314 g/mol. The maximum Gasteiger partial charge on any atom is 0.254 e. The number of anilines is 1. The van der Waals surface area contributed by atoms with Gasteiger partial charge in [0.25, 0.3) is 5.91 Å². The van der Waals surface area contributed by atoms with Gasteiger partial charge in [0, 0.05) is 24.3 Å². The lowest BCUT2D eigenvalue weighted by Gasteiger charge is -2.39. The summed E-state index contributed by atoms with van der Waals surface area (Å²) in [7, 11) is 0. The summed E-state index contributed by atoms with van der Waals surface area (Å²) in [5, 5.41) is 0. The molecule has 1 aliphatic rings. The van der Waals surface area contributed by atoms with Crippen LogP contribution in [-0.2, 0) is 4.79 Å². The van der Waals surface area contributed by atoms with Gasteiger partial charge in [0.15, 0.2) is 0 Å². The summed E-state index contributed by atoms with van der Waals surface area (Å²) in [6, 6.07) is 10.4. The lowest BCUT2D eigenvalue weighted by molar-refractivity contribution is -0.124. The van der Waals surface area contributed by atoms with Gasteiger partial charge in [0.2, 0.25) is 5.91 Å². The summed E-state index contributed by atoms with van der Waals surface area (Å²) in [4.78, 5) is 28.1. The molecule has 0 aliphatic carbocycles. The smallest absolute Gasteiger partial charge is 0.254 e. The first kappa shape index (κ1) is 16.1. The first-order chi connectivity index (χ1) is 11.5. The van der Waals surface area contributed by atoms with E-state index in [1.807, 2.05) is 0 Å². The molecule has 4 nitrogen and oxygen atoms in total. The number of benzene rings is 2. The minimum Gasteiger partial charge on any atom is -0.325 e. The van der Waals surface area contributed by atoms with E-state index in [4.69, 9.17) is 0 Å². The highest BCUT2D eigenvalue weighted by Gasteiger charge is 2.35. The minimum absolute atomic E-state index is 0.213. The second-order valence-corrected chi connectivity index (χ2v) is 5.65. The number of halogens is 2. The number of hydrogen-bond acceptors (Lipinski definition) is 2. The molecule has 0 bridgehead atoms. The highest BCUT2D eigenvalue weighted by atomic mass is 19.1. The van der Waals surface area contributed by atoms with Crippen LogP contribution in [0.1, 0.15) is 17.3 Å². The maximum absolute atomic E-state index is 13.3. The van der Waals surface area contributed by atoms with Crippen molar-refractivity contribution in [2.75, 3.05) is 18.0 Å². The molecule has 2 amide bonds. The second-order valence-electron chi connectivity index (χ2n) is 5.65. The predicted molar refractivity (Wildman–Crippen MR) is 85.7 cm³/mol. The van der Waals surface area contributed by atoms with Crippen molar-refractivity contribution in [3.8, 4) is 0 Å². The van der Waals surface area contributed by atoms with Crippen LogP contribution in [0.3, 0.4) is 0 Å². The number of hydrogen-bond donors (Lipinski definition) is 0. The van der Waals surface area contributed by atoms with Crippen molar-refractivity contribution < 1.29 is 18.4 Å². The van der Waals surface area contributed by atoms with Crippen LogP contribution in [0.15, 0.2) is 48.5 Å². The summed E-state index contributed by atoms with van der Waals surface area (Å²) in [6.45, 7) is 2.25. The molecule has 1 saturated heterocycles. The van der Waals surface area contributed by atoms with Gasteiger partial charge in [-0.25, -0.2) is 8.78 Å². The molecule has 24 heavy (non-hydrogen) atoms. The summed E-state index contributed by atoms with van der Waals surface area (Å²) in [5.41, 5.74) is 0.802. The Bertz CT molecular complexity index is 777. The quantitative estimate of drug-likeness (QED) is 0.849. The molecular formula is C18H16F2N2O2. The van der Waals surface area contributed by atoms with Crippen molar-refractivity contribution in [3.05, 3.63) is 65.7 Å². The summed E-state index contributed by atoms with van der Waals surface area (Å²) in [5.74, 6) is -1.50. The van der Waals surface area contributed by atoms with Crippen molar-refractivity contribution >= 4 is 17.5 Å². The van der Waals surface area contributed by atoms with Gasteiger partial charge in [-0.05, 0) is 49.4 Å². The van der Waals surface area contributed by atoms with Gasteiger partial charge in [0.1, 0.15) is 17.7 Å². The van der Waals surface area contributed by atoms with E-state index in [1.54, 1.807) is 6.92 Å². The first-order valence-corrected chi connectivity index (χ1v) is 7.61. The molecule has 3 rings (SSSR count). The van der Waals surface area contributed by atoms with Crippen LogP contribution < -0.4 is 4.90 Å². The highest BCUT2D eigenvalue weighted by molar-refractivity contribution is 6.03. The lowest BCUT2D eigenvalue weighted by Crippen LogP contribution is -2.57. The molecule has 1 aliphatic heterocycles. The molecule has 1 atom stereocenters. The van der Waals surface area contributed by atoms with Gasteiger partial charge in [-0.2, -0.15) is 0 Å². The molecule has 0 N–H and O–H groups in total. The van der Waals surface area contributed by atoms with Crippen LogP contribution in [0.25, 0.3) is 0 Å². The average Bonchev–Trinajstić information content (AvgIpc) is 2.58. The molecule has 2 aromatic carbocycles. The van der Waals surface area contributed by atoms with Gasteiger partial charge in [-0.3, -0.25) is 9.59 Å². The third kappa shape index (κ3) is 2.99. The van der Waals surface area contributed by atoms with Crippen LogP contribution in [0.2, 0.25) is 0 Å². The van der Waals surface area contributed by atoms with Gasteiger partial charge >= 0.3 is 0 Å². The molecule has 6 heteroatoms. The molecule has 0 aromatic heterocycles. The number of carbonyl (C=O) groups is 2. The fourth-order valence-corrected chi connectivity index (χ4v) is 2.81. The summed E-state index contributed by atoms with van der Waals surface area (Å²) < 4.78 is 26.3. The second kappa shape index (κ2) is 6.39. The number of carbonyl (C=O) groups excluding carboxylic acids is 2. The molecule has 0 spiro atoms. The van der Waals surface area contributed by atoms with Gasteiger partial charge in [-0.1, -0.05) is 6.07 Å². The van der Waals surface area contributed by atoms with Crippen LogP contribution in [0, 0.1) is 11.6 Å². The van der Waals surface area contributed by atoms with E-state index in [-0.39, 0.29) is 23.2 Å². The minimum atomic E-state index is -0.681. The standard InChI is InChI=1S/C18H16F2N2O2/c1-12-17(23)22(16-7-5-14(19)6-8-16)10-9-21(12)18(24)13-3-2-4-15(20)11-13/h2-8,11-12H,9-10H2,1H3/t12-/m0/s1. The maximum atomic E-state index is 13.3. The van der Waals surface area contributed by atoms with Crippen LogP contribution in [-0.4, -0.2) is 35.8 Å². The van der Waals surface area contributed by atoms with Crippen molar-refractivity contribution in [1.82, 2.24) is 4.90 Å². The normalized spacial score (nSPS) is 18.0. The molecule has 2 aromatic rings. The fourth-order valence-electron chi connectivity index (χ4n) is 2.81. The van der Waals surface area contributed by atoms with Crippen molar-refractivity contribution in [2.45, 2.75) is 13.0 Å². The zero-order valence-corrected chi connectivity index (χ0v) is 13.1. The van der Waals surface area contributed by atoms with E-state index in [0.717, 1.165) is 6.07 Å². The van der Waals surface area contributed by atoms with Crippen LogP contribution in [0.4, 0.5) is 14.5 Å². The SMILES string of the molecule is C[C@H]1C(=O)N(c2ccc(F)cc2)CCN1C(=O)c1cccc(F)c1. The average molecular weight is 330 g/mol. The van der Waals surface area contributed by atoms with E-state index in [1.165, 1.54) is 52.3 Å². The Morgan fingerprint density at radius 3 is 2.42 bits per heavy atom. The summed E-state index contributed by atoms with van der Waals surface area (Å²) >= 11 is 0. The van der Waals surface area contributed by atoms with Gasteiger partial charge in [-0.15, -0.1) is 0 Å². The van der Waals surface area contributed by atoms with Crippen molar-refractivity contribution in [3.63, 3.8) is 0 Å². The topological polar surface area (TPSA) is 40.6 Å². The van der Waals surface area contributed by atoms with E-state index in [2.05, 4.69) is 0 Å². The number of nitrogens with zero attached hydrogens (tertiary/aromatic N) is 2. The van der Waals surface area contributed by atoms with E-state index in [0.29, 0.717) is 18.8 Å². The van der Waals surface area contributed by atoms with Crippen LogP contribution >= 0.6 is 0 Å². The number of amides is 2. The van der Waals surface area contributed by atoms with Gasteiger partial charge in [0.05, 0.1) is 0 Å². The first-order valence-electron chi connectivity index (χ1n) is 7.61. The molecule has 1 fully saturated rings. The zero-order valence-electron chi connectivity index (χ0n) is 13.1. The fraction of sp³-hybridized carbons (Fsp3) is 0.222. The summed E-state index contributed by atoms with van der Waals surface area (Å²) in [6.07, 6.45) is 0. The third-order valence-electron chi connectivity index (χ3n) is 4.13. The van der Waals surface area contributed by atoms with Crippen molar-refractivity contribution in [1.29, 1.82) is 0 Å². The Morgan fingerprint density at radius 1 is 1.04 bits per heavy atom. The molecule has 0 unspecified atom stereocenters. The Balaban J connectivity index is 1.79. The Morgan fingerprint density at radius 2 is 1.75 bits per heavy atom. The molecule has 0 saturated carbocycles. The molecule has 124 valence electrons. The largest absolute Gasteiger partial charge is 0.325 e. The Labute approximate surface area is 138 Å². The van der Waals surface area contributed by atoms with E-state index >= 15 is 0 Å². The monoisotopic (exact) mass is 330 g/mol. The van der Waals surface area contributed by atoms with E-state index < -0.39 is 11.9 Å².